The molecule has 0 N–H and O–H groups in total. The average molecular weight is 637 g/mol. The molecule has 1 fully saturated rings. The Morgan fingerprint density at radius 2 is 1.78 bits per heavy atom. The van der Waals surface area contributed by atoms with Crippen LogP contribution in [0, 0.1) is 5.92 Å². The number of esters is 2. The lowest BCUT2D eigenvalue weighted by Crippen LogP contribution is -2.39. The number of hydrogen-bond acceptors (Lipinski definition) is 9. The number of ether oxygens (including phenoxy) is 7. The summed E-state index contributed by atoms with van der Waals surface area (Å²) in [6.07, 6.45) is -2.60. The van der Waals surface area contributed by atoms with Gasteiger partial charge >= 0.3 is 18.1 Å². The molecule has 246 valence electrons. The van der Waals surface area contributed by atoms with Crippen molar-refractivity contribution in [3.63, 3.8) is 0 Å². The average Bonchev–Trinajstić information content (AvgIpc) is 3.29. The Kier molecular flexibility index (Phi) is 11.2. The van der Waals surface area contributed by atoms with Crippen LogP contribution in [0.15, 0.2) is 48.5 Å². The number of rotatable bonds is 7. The first-order chi connectivity index (χ1) is 21.3. The molecule has 1 saturated heterocycles. The van der Waals surface area contributed by atoms with Crippen LogP contribution in [0.2, 0.25) is 0 Å². The highest BCUT2D eigenvalue weighted by Gasteiger charge is 2.46. The number of halogens is 3. The van der Waals surface area contributed by atoms with E-state index in [9.17, 15) is 22.8 Å². The zero-order valence-corrected chi connectivity index (χ0v) is 25.9. The maximum atomic E-state index is 13.6. The molecule has 2 aromatic rings. The van der Waals surface area contributed by atoms with Gasteiger partial charge in [-0.05, 0) is 69.7 Å². The smallest absolute Gasteiger partial charge is 0.422 e. The first-order valence-electron chi connectivity index (χ1n) is 14.7. The van der Waals surface area contributed by atoms with E-state index in [1.165, 1.54) is 19.2 Å². The first-order valence-corrected chi connectivity index (χ1v) is 14.7. The summed E-state index contributed by atoms with van der Waals surface area (Å²) in [6, 6.07) is 11.2. The summed E-state index contributed by atoms with van der Waals surface area (Å²) in [5.41, 5.74) is 0.617. The molecular formula is C33H39F3O9. The third-order valence-electron chi connectivity index (χ3n) is 7.57. The van der Waals surface area contributed by atoms with Crippen LogP contribution >= 0.6 is 0 Å². The summed E-state index contributed by atoms with van der Waals surface area (Å²) < 4.78 is 78.8. The lowest BCUT2D eigenvalue weighted by Gasteiger charge is -2.29. The summed E-state index contributed by atoms with van der Waals surface area (Å²) in [5, 5.41) is 0. The lowest BCUT2D eigenvalue weighted by molar-refractivity contribution is -0.156. The van der Waals surface area contributed by atoms with Crippen LogP contribution in [-0.4, -0.2) is 68.8 Å². The van der Waals surface area contributed by atoms with Crippen molar-refractivity contribution in [2.75, 3.05) is 20.5 Å². The molecule has 9 nitrogen and oxygen atoms in total. The summed E-state index contributed by atoms with van der Waals surface area (Å²) >= 11 is 0. The van der Waals surface area contributed by atoms with Gasteiger partial charge in [-0.2, -0.15) is 13.2 Å². The van der Waals surface area contributed by atoms with Gasteiger partial charge in [0.05, 0.1) is 11.7 Å². The summed E-state index contributed by atoms with van der Waals surface area (Å²) in [7, 11) is 1.37. The fourth-order valence-corrected chi connectivity index (χ4v) is 5.21. The van der Waals surface area contributed by atoms with Gasteiger partial charge in [0.25, 0.3) is 0 Å². The van der Waals surface area contributed by atoms with Crippen LogP contribution in [0.5, 0.6) is 11.5 Å². The van der Waals surface area contributed by atoms with E-state index < -0.39 is 54.9 Å². The van der Waals surface area contributed by atoms with Gasteiger partial charge in [-0.1, -0.05) is 37.3 Å². The number of carbonyl (C=O) groups excluding carboxylic acids is 2. The van der Waals surface area contributed by atoms with E-state index in [2.05, 4.69) is 0 Å². The molecule has 0 bridgehead atoms. The zero-order valence-electron chi connectivity index (χ0n) is 25.9. The maximum absolute atomic E-state index is 13.6. The van der Waals surface area contributed by atoms with Gasteiger partial charge in [0.1, 0.15) is 35.4 Å². The van der Waals surface area contributed by atoms with Crippen LogP contribution in [-0.2, 0) is 23.7 Å². The van der Waals surface area contributed by atoms with Crippen molar-refractivity contribution >= 4 is 18.0 Å². The molecule has 2 aromatic carbocycles. The number of alkyl halides is 3. The molecule has 5 atom stereocenters. The number of hydrogen-bond donors (Lipinski definition) is 0. The standard InChI is InChI=1S/C33H39F3O9/c1-20-14-15-25(43-30(37)22-10-7-6-8-11-22)29-26(44-32(3,4)45-29)13-9-12-23-16-24(40-18-33(34,35)36)17-27(41-19-39-5)28(23)31(38)42-21(20)2/h6-12,16-17,20-21,25-26,29H,13-15,18-19H2,1-5H3/b12-9+/t20-,21+,25?,26+,29-/m1/s1. The van der Waals surface area contributed by atoms with Gasteiger partial charge in [0, 0.05) is 13.2 Å². The van der Waals surface area contributed by atoms with Gasteiger partial charge in [-0.3, -0.25) is 0 Å². The second-order valence-electron chi connectivity index (χ2n) is 11.6. The Balaban J connectivity index is 1.73. The van der Waals surface area contributed by atoms with Crippen LogP contribution in [0.25, 0.3) is 6.08 Å². The predicted molar refractivity (Wildman–Crippen MR) is 157 cm³/mol. The van der Waals surface area contributed by atoms with Crippen LogP contribution < -0.4 is 9.47 Å². The molecule has 0 radical (unpaired) electrons. The Morgan fingerprint density at radius 1 is 1.04 bits per heavy atom. The van der Waals surface area contributed by atoms with Crippen molar-refractivity contribution in [1.29, 1.82) is 0 Å². The van der Waals surface area contributed by atoms with E-state index in [1.54, 1.807) is 63.3 Å². The molecule has 45 heavy (non-hydrogen) atoms. The molecule has 1 unspecified atom stereocenters. The van der Waals surface area contributed by atoms with Gasteiger partial charge < -0.3 is 33.2 Å². The van der Waals surface area contributed by atoms with E-state index in [4.69, 9.17) is 33.2 Å². The molecule has 0 amide bonds. The fourth-order valence-electron chi connectivity index (χ4n) is 5.21. The fraction of sp³-hybridized carbons (Fsp3) is 0.515. The van der Waals surface area contributed by atoms with E-state index in [1.807, 2.05) is 6.92 Å². The summed E-state index contributed by atoms with van der Waals surface area (Å²) in [4.78, 5) is 26.7. The minimum Gasteiger partial charge on any atom is -0.484 e. The van der Waals surface area contributed by atoms with E-state index >= 15 is 0 Å². The second-order valence-corrected chi connectivity index (χ2v) is 11.6. The topological polar surface area (TPSA) is 98.8 Å². The summed E-state index contributed by atoms with van der Waals surface area (Å²) in [5.74, 6) is -2.61. The highest BCUT2D eigenvalue weighted by Crippen LogP contribution is 2.37. The maximum Gasteiger partial charge on any atom is 0.422 e. The van der Waals surface area contributed by atoms with Crippen molar-refractivity contribution in [3.8, 4) is 11.5 Å². The van der Waals surface area contributed by atoms with Crippen molar-refractivity contribution in [1.82, 2.24) is 0 Å². The Bertz CT molecular complexity index is 1340. The number of cyclic esters (lactones) is 1. The number of methoxy groups -OCH3 is 1. The van der Waals surface area contributed by atoms with Crippen LogP contribution in [0.1, 0.15) is 73.2 Å². The van der Waals surface area contributed by atoms with E-state index in [-0.39, 0.29) is 41.8 Å². The normalized spacial score (nSPS) is 26.0. The Morgan fingerprint density at radius 3 is 2.47 bits per heavy atom. The van der Waals surface area contributed by atoms with E-state index in [0.717, 1.165) is 0 Å². The molecule has 2 heterocycles. The third-order valence-corrected chi connectivity index (χ3v) is 7.57. The van der Waals surface area contributed by atoms with Gasteiger partial charge in [-0.15, -0.1) is 0 Å². The number of carbonyl (C=O) groups is 2. The monoisotopic (exact) mass is 636 g/mol. The van der Waals surface area contributed by atoms with Gasteiger partial charge in [0.15, 0.2) is 19.2 Å². The SMILES string of the molecule is COCOc1cc(OCC(F)(F)F)cc2c1C(=O)O[C@@H](C)[C@H](C)CCC(OC(=O)c1ccccc1)[C@H]1OC(C)(C)O[C@H]1C/C=C/2. The highest BCUT2D eigenvalue weighted by atomic mass is 19.4. The molecular weight excluding hydrogens is 597 g/mol. The second kappa shape index (κ2) is 14.7. The predicted octanol–water partition coefficient (Wildman–Crippen LogP) is 6.73. The molecule has 12 heteroatoms. The van der Waals surface area contributed by atoms with Crippen molar-refractivity contribution in [2.45, 2.75) is 83.3 Å². The van der Waals surface area contributed by atoms with Crippen LogP contribution in [0.3, 0.4) is 0 Å². The first kappa shape index (κ1) is 34.3. The quantitative estimate of drug-likeness (QED) is 0.242. The molecule has 2 aliphatic heterocycles. The van der Waals surface area contributed by atoms with E-state index in [0.29, 0.717) is 18.4 Å². The Hall–Kier alpha value is -3.61. The van der Waals surface area contributed by atoms with Crippen molar-refractivity contribution in [2.24, 2.45) is 5.92 Å². The molecule has 0 saturated carbocycles. The molecule has 0 aromatic heterocycles. The third kappa shape index (κ3) is 9.44. The largest absolute Gasteiger partial charge is 0.484 e. The highest BCUT2D eigenvalue weighted by molar-refractivity contribution is 5.97. The molecule has 2 aliphatic rings. The molecule has 0 aliphatic carbocycles. The Labute approximate surface area is 260 Å². The lowest BCUT2D eigenvalue weighted by atomic mass is 9.93. The van der Waals surface area contributed by atoms with Crippen molar-refractivity contribution < 1.29 is 55.9 Å². The molecule has 0 spiro atoms. The van der Waals surface area contributed by atoms with Gasteiger partial charge in [-0.25, -0.2) is 9.59 Å². The minimum atomic E-state index is -4.58. The minimum absolute atomic E-state index is 0.00825. The number of benzene rings is 2. The number of fused-ring (bicyclic) bond motifs is 2. The van der Waals surface area contributed by atoms with Gasteiger partial charge in [0.2, 0.25) is 0 Å². The zero-order chi connectivity index (χ0) is 32.8. The summed E-state index contributed by atoms with van der Waals surface area (Å²) in [6.45, 7) is 5.38. The van der Waals surface area contributed by atoms with Crippen molar-refractivity contribution in [3.05, 3.63) is 65.2 Å². The molecule has 4 rings (SSSR count). The van der Waals surface area contributed by atoms with Crippen LogP contribution in [0.4, 0.5) is 13.2 Å².